The molecule has 1 atom stereocenters. The Balaban J connectivity index is 0.000000810. The second-order valence-electron chi connectivity index (χ2n) is 3.22. The average molecular weight is 166 g/mol. The van der Waals surface area contributed by atoms with Gasteiger partial charge < -0.3 is 10.5 Å². The summed E-state index contributed by atoms with van der Waals surface area (Å²) in [5.74, 6) is 0. The predicted octanol–water partition coefficient (Wildman–Crippen LogP) is 1.18. The minimum Gasteiger partial charge on any atom is -0.383 e. The van der Waals surface area contributed by atoms with E-state index in [9.17, 15) is 0 Å². The molecule has 0 aromatic rings. The first-order valence-corrected chi connectivity index (χ1v) is 3.43. The zero-order valence-electron chi connectivity index (χ0n) is 6.59. The van der Waals surface area contributed by atoms with Gasteiger partial charge in [-0.15, -0.1) is 12.4 Å². The van der Waals surface area contributed by atoms with Crippen LogP contribution in [0.2, 0.25) is 0 Å². The van der Waals surface area contributed by atoms with E-state index in [0.717, 1.165) is 0 Å². The van der Waals surface area contributed by atoms with E-state index in [0.29, 0.717) is 12.0 Å². The van der Waals surface area contributed by atoms with Crippen molar-refractivity contribution in [2.45, 2.75) is 25.8 Å². The molecule has 0 aromatic carbocycles. The number of hydrogen-bond donors (Lipinski definition) is 1. The summed E-state index contributed by atoms with van der Waals surface area (Å²) >= 11 is 0. The number of halogens is 1. The van der Waals surface area contributed by atoms with Crippen LogP contribution in [0.1, 0.15) is 19.8 Å². The van der Waals surface area contributed by atoms with Crippen LogP contribution in [-0.2, 0) is 4.74 Å². The molecular formula is C7H16ClNO. The van der Waals surface area contributed by atoms with Crippen molar-refractivity contribution in [2.75, 3.05) is 13.7 Å². The Morgan fingerprint density at radius 2 is 2.10 bits per heavy atom. The molecule has 1 aliphatic rings. The molecule has 0 radical (unpaired) electrons. The van der Waals surface area contributed by atoms with Crippen LogP contribution in [0.4, 0.5) is 0 Å². The molecule has 0 aromatic heterocycles. The molecule has 0 bridgehead atoms. The zero-order valence-corrected chi connectivity index (χ0v) is 7.41. The van der Waals surface area contributed by atoms with Crippen molar-refractivity contribution in [2.24, 2.45) is 11.1 Å². The Morgan fingerprint density at radius 1 is 1.60 bits per heavy atom. The summed E-state index contributed by atoms with van der Waals surface area (Å²) in [6.45, 7) is 2.92. The summed E-state index contributed by atoms with van der Waals surface area (Å²) in [6.07, 6.45) is 2.55. The third-order valence-corrected chi connectivity index (χ3v) is 2.28. The zero-order chi connectivity index (χ0) is 6.91. The highest BCUT2D eigenvalue weighted by atomic mass is 35.5. The minimum atomic E-state index is 0. The molecular weight excluding hydrogens is 150 g/mol. The van der Waals surface area contributed by atoms with E-state index in [2.05, 4.69) is 6.92 Å². The Labute approximate surface area is 68.5 Å². The molecule has 0 heterocycles. The maximum absolute atomic E-state index is 5.80. The van der Waals surface area contributed by atoms with Gasteiger partial charge in [0.1, 0.15) is 0 Å². The van der Waals surface area contributed by atoms with Gasteiger partial charge in [-0.2, -0.15) is 0 Å². The van der Waals surface area contributed by atoms with E-state index < -0.39 is 0 Å². The molecule has 2 nitrogen and oxygen atoms in total. The number of nitrogens with two attached hydrogens (primary N) is 1. The molecule has 0 aliphatic heterocycles. The standard InChI is InChI=1S/C7H15NO.ClH/c1-7(3-4-7)6(8)5-9-2;/h6H,3-5,8H2,1-2H3;1H/t6-;/m0./s1. The summed E-state index contributed by atoms with van der Waals surface area (Å²) in [5.41, 5.74) is 6.21. The predicted molar refractivity (Wildman–Crippen MR) is 44.4 cm³/mol. The quantitative estimate of drug-likeness (QED) is 0.682. The van der Waals surface area contributed by atoms with E-state index in [1.807, 2.05) is 0 Å². The molecule has 1 saturated carbocycles. The first-order chi connectivity index (χ1) is 4.19. The largest absolute Gasteiger partial charge is 0.383 e. The van der Waals surface area contributed by atoms with Crippen LogP contribution in [0.15, 0.2) is 0 Å². The van der Waals surface area contributed by atoms with E-state index in [1.54, 1.807) is 7.11 Å². The van der Waals surface area contributed by atoms with Crippen LogP contribution in [0.3, 0.4) is 0 Å². The van der Waals surface area contributed by atoms with Crippen LogP contribution in [0.25, 0.3) is 0 Å². The average Bonchev–Trinajstić information content (AvgIpc) is 2.50. The highest BCUT2D eigenvalue weighted by molar-refractivity contribution is 5.85. The van der Waals surface area contributed by atoms with Gasteiger partial charge in [0.05, 0.1) is 6.61 Å². The Hall–Kier alpha value is 0.210. The lowest BCUT2D eigenvalue weighted by Gasteiger charge is -2.16. The van der Waals surface area contributed by atoms with Gasteiger partial charge in [0.2, 0.25) is 0 Å². The third-order valence-electron chi connectivity index (χ3n) is 2.28. The van der Waals surface area contributed by atoms with E-state index in [1.165, 1.54) is 12.8 Å². The van der Waals surface area contributed by atoms with Crippen LogP contribution in [0.5, 0.6) is 0 Å². The van der Waals surface area contributed by atoms with Crippen LogP contribution >= 0.6 is 12.4 Å². The molecule has 62 valence electrons. The third kappa shape index (κ3) is 2.11. The van der Waals surface area contributed by atoms with Crippen molar-refractivity contribution >= 4 is 12.4 Å². The Bertz CT molecular complexity index is 104. The summed E-state index contributed by atoms with van der Waals surface area (Å²) in [4.78, 5) is 0. The molecule has 0 saturated heterocycles. The van der Waals surface area contributed by atoms with E-state index in [-0.39, 0.29) is 18.4 Å². The first kappa shape index (κ1) is 10.2. The van der Waals surface area contributed by atoms with Crippen LogP contribution < -0.4 is 5.73 Å². The summed E-state index contributed by atoms with van der Waals surface area (Å²) in [5, 5.41) is 0. The van der Waals surface area contributed by atoms with Crippen molar-refractivity contribution in [1.82, 2.24) is 0 Å². The number of rotatable bonds is 3. The fourth-order valence-corrected chi connectivity index (χ4v) is 0.949. The first-order valence-electron chi connectivity index (χ1n) is 3.43. The molecule has 10 heavy (non-hydrogen) atoms. The maximum atomic E-state index is 5.80. The van der Waals surface area contributed by atoms with Gasteiger partial charge in [0, 0.05) is 13.2 Å². The maximum Gasteiger partial charge on any atom is 0.0619 e. The second-order valence-corrected chi connectivity index (χ2v) is 3.22. The molecule has 0 amide bonds. The van der Waals surface area contributed by atoms with Crippen molar-refractivity contribution in [3.63, 3.8) is 0 Å². The van der Waals surface area contributed by atoms with Gasteiger partial charge >= 0.3 is 0 Å². The molecule has 1 aliphatic carbocycles. The SMILES string of the molecule is COC[C@H](N)C1(C)CC1.Cl. The lowest BCUT2D eigenvalue weighted by Crippen LogP contribution is -2.33. The molecule has 1 rings (SSSR count). The summed E-state index contributed by atoms with van der Waals surface area (Å²) < 4.78 is 4.95. The van der Waals surface area contributed by atoms with Gasteiger partial charge in [-0.1, -0.05) is 6.92 Å². The van der Waals surface area contributed by atoms with Crippen molar-refractivity contribution < 1.29 is 4.74 Å². The number of methoxy groups -OCH3 is 1. The van der Waals surface area contributed by atoms with Crippen LogP contribution in [-0.4, -0.2) is 19.8 Å². The Kier molecular flexibility index (Phi) is 3.63. The lowest BCUT2D eigenvalue weighted by atomic mass is 10.0. The number of ether oxygens (including phenoxy) is 1. The van der Waals surface area contributed by atoms with Crippen molar-refractivity contribution in [1.29, 1.82) is 0 Å². The monoisotopic (exact) mass is 165 g/mol. The van der Waals surface area contributed by atoms with Crippen molar-refractivity contribution in [3.8, 4) is 0 Å². The van der Waals surface area contributed by atoms with E-state index >= 15 is 0 Å². The summed E-state index contributed by atoms with van der Waals surface area (Å²) in [7, 11) is 1.70. The molecule has 3 heteroatoms. The topological polar surface area (TPSA) is 35.2 Å². The highest BCUT2D eigenvalue weighted by Crippen LogP contribution is 2.47. The molecule has 0 spiro atoms. The second kappa shape index (κ2) is 3.56. The van der Waals surface area contributed by atoms with Gasteiger partial charge in [-0.3, -0.25) is 0 Å². The highest BCUT2D eigenvalue weighted by Gasteiger charge is 2.42. The number of hydrogen-bond acceptors (Lipinski definition) is 2. The van der Waals surface area contributed by atoms with Gasteiger partial charge in [0.25, 0.3) is 0 Å². The molecule has 0 unspecified atom stereocenters. The summed E-state index contributed by atoms with van der Waals surface area (Å²) in [6, 6.07) is 0.252. The smallest absolute Gasteiger partial charge is 0.0619 e. The van der Waals surface area contributed by atoms with E-state index in [4.69, 9.17) is 10.5 Å². The minimum absolute atomic E-state index is 0. The van der Waals surface area contributed by atoms with Gasteiger partial charge in [0.15, 0.2) is 0 Å². The molecule has 1 fully saturated rings. The molecule has 2 N–H and O–H groups in total. The fourth-order valence-electron chi connectivity index (χ4n) is 0.949. The Morgan fingerprint density at radius 3 is 2.40 bits per heavy atom. The fraction of sp³-hybridized carbons (Fsp3) is 1.00. The normalized spacial score (nSPS) is 23.1. The van der Waals surface area contributed by atoms with Gasteiger partial charge in [-0.25, -0.2) is 0 Å². The van der Waals surface area contributed by atoms with Crippen LogP contribution in [0, 0.1) is 5.41 Å². The lowest BCUT2D eigenvalue weighted by molar-refractivity contribution is 0.155. The van der Waals surface area contributed by atoms with Gasteiger partial charge in [-0.05, 0) is 18.3 Å². The van der Waals surface area contributed by atoms with Crippen molar-refractivity contribution in [3.05, 3.63) is 0 Å².